The zero-order chi connectivity index (χ0) is 9.42. The molecule has 0 aliphatic rings. The molecule has 0 amide bonds. The van der Waals surface area contributed by atoms with E-state index in [-0.39, 0.29) is 53.3 Å². The zero-order valence-electron chi connectivity index (χ0n) is 7.90. The van der Waals surface area contributed by atoms with E-state index in [0.29, 0.717) is 5.39 Å². The predicted molar refractivity (Wildman–Crippen MR) is 45.8 cm³/mol. The second kappa shape index (κ2) is 5.42. The molecule has 2 aromatic rings. The molecule has 0 saturated heterocycles. The summed E-state index contributed by atoms with van der Waals surface area (Å²) in [5, 5.41) is 19.0. The topological polar surface area (TPSA) is 70.7 Å². The van der Waals surface area contributed by atoms with Gasteiger partial charge in [-0.05, 0) is 18.2 Å². The molecule has 0 radical (unpaired) electrons. The number of benzene rings is 1. The summed E-state index contributed by atoms with van der Waals surface area (Å²) in [7, 11) is 0. The molecule has 0 bridgehead atoms. The number of fused-ring (bicyclic) bond motifs is 1. The normalized spacial score (nSPS) is 9.07. The van der Waals surface area contributed by atoms with Crippen LogP contribution in [0.3, 0.4) is 0 Å². The van der Waals surface area contributed by atoms with Gasteiger partial charge in [0.25, 0.3) is 0 Å². The Morgan fingerprint density at radius 3 is 2.33 bits per heavy atom. The summed E-state index contributed by atoms with van der Waals surface area (Å²) in [4.78, 5) is 10.8. The molecule has 15 heavy (non-hydrogen) atoms. The fraction of sp³-hybridized carbons (Fsp3) is 0. The van der Waals surface area contributed by atoms with Crippen molar-refractivity contribution in [2.75, 3.05) is 0 Å². The second-order valence-corrected chi connectivity index (χ2v) is 2.61. The van der Waals surface area contributed by atoms with E-state index in [2.05, 4.69) is 0 Å². The van der Waals surface area contributed by atoms with Crippen LogP contribution < -0.4 is 47.6 Å². The Morgan fingerprint density at radius 2 is 1.67 bits per heavy atom. The fourth-order valence-electron chi connectivity index (χ4n) is 1.11. The molecular formula is C9H6ClNaO4. The summed E-state index contributed by atoms with van der Waals surface area (Å²) in [5.74, 6) is -0.711. The van der Waals surface area contributed by atoms with Crippen molar-refractivity contribution in [1.29, 1.82) is 0 Å². The van der Waals surface area contributed by atoms with Crippen LogP contribution in [0.2, 0.25) is 0 Å². The minimum Gasteiger partial charge on any atom is -1.00 e. The summed E-state index contributed by atoms with van der Waals surface area (Å²) >= 11 is 0. The van der Waals surface area contributed by atoms with E-state index < -0.39 is 11.4 Å². The molecule has 0 unspecified atom stereocenters. The molecule has 0 fully saturated rings. The summed E-state index contributed by atoms with van der Waals surface area (Å²) in [6, 6.07) is 5.64. The van der Waals surface area contributed by atoms with Crippen LogP contribution in [0.5, 0.6) is 11.5 Å². The molecule has 0 atom stereocenters. The fourth-order valence-corrected chi connectivity index (χ4v) is 1.11. The van der Waals surface area contributed by atoms with Gasteiger partial charge in [0.05, 0.1) is 0 Å². The summed E-state index contributed by atoms with van der Waals surface area (Å²) < 4.78 is 4.71. The van der Waals surface area contributed by atoms with Crippen molar-refractivity contribution >= 4 is 11.0 Å². The molecule has 1 heterocycles. The van der Waals surface area contributed by atoms with Crippen molar-refractivity contribution in [2.45, 2.75) is 0 Å². The Hall–Kier alpha value is -0.680. The number of phenolic OH excluding ortho intramolecular Hbond substituents is 2. The van der Waals surface area contributed by atoms with Crippen LogP contribution >= 0.6 is 0 Å². The first-order chi connectivity index (χ1) is 6.18. The van der Waals surface area contributed by atoms with Gasteiger partial charge in [0.15, 0.2) is 11.3 Å². The molecule has 2 rings (SSSR count). The van der Waals surface area contributed by atoms with Crippen LogP contribution in [0.1, 0.15) is 0 Å². The van der Waals surface area contributed by atoms with Gasteiger partial charge in [-0.2, -0.15) is 0 Å². The maximum Gasteiger partial charge on any atom is 1.00 e. The molecule has 2 N–H and O–H groups in total. The predicted octanol–water partition coefficient (Wildman–Crippen LogP) is -4.79. The third-order valence-electron chi connectivity index (χ3n) is 1.74. The van der Waals surface area contributed by atoms with Crippen LogP contribution in [0, 0.1) is 0 Å². The van der Waals surface area contributed by atoms with E-state index in [9.17, 15) is 9.90 Å². The van der Waals surface area contributed by atoms with Gasteiger partial charge in [0.2, 0.25) is 5.75 Å². The van der Waals surface area contributed by atoms with Crippen LogP contribution in [0.4, 0.5) is 0 Å². The SMILES string of the molecule is O=c1ccc2ccc(O)c(O)c2o1.[Cl-].[Na+]. The van der Waals surface area contributed by atoms with Gasteiger partial charge in [-0.25, -0.2) is 4.79 Å². The van der Waals surface area contributed by atoms with Gasteiger partial charge < -0.3 is 27.0 Å². The van der Waals surface area contributed by atoms with E-state index >= 15 is 0 Å². The Balaban J connectivity index is 0.000000980. The Morgan fingerprint density at radius 1 is 1.07 bits per heavy atom. The van der Waals surface area contributed by atoms with Crippen LogP contribution in [-0.4, -0.2) is 10.2 Å². The first kappa shape index (κ1) is 14.3. The van der Waals surface area contributed by atoms with Gasteiger partial charge >= 0.3 is 35.2 Å². The Bertz CT molecular complexity index is 523. The van der Waals surface area contributed by atoms with Crippen molar-refractivity contribution in [3.05, 3.63) is 34.7 Å². The quantitative estimate of drug-likeness (QED) is 0.274. The Labute approximate surface area is 113 Å². The van der Waals surface area contributed by atoms with Gasteiger partial charge in [-0.3, -0.25) is 0 Å². The average molecular weight is 237 g/mol. The van der Waals surface area contributed by atoms with Gasteiger partial charge in [-0.1, -0.05) is 0 Å². The van der Waals surface area contributed by atoms with Crippen molar-refractivity contribution in [3.63, 3.8) is 0 Å². The van der Waals surface area contributed by atoms with Gasteiger partial charge in [0.1, 0.15) is 0 Å². The first-order valence-corrected chi connectivity index (χ1v) is 3.63. The zero-order valence-corrected chi connectivity index (χ0v) is 10.7. The minimum atomic E-state index is -0.562. The average Bonchev–Trinajstić information content (AvgIpc) is 2.12. The van der Waals surface area contributed by atoms with E-state index in [0.717, 1.165) is 0 Å². The Kier molecular flexibility index (Phi) is 5.17. The van der Waals surface area contributed by atoms with Crippen LogP contribution in [0.15, 0.2) is 33.5 Å². The number of hydrogen-bond donors (Lipinski definition) is 2. The maximum absolute atomic E-state index is 10.8. The molecule has 4 nitrogen and oxygen atoms in total. The minimum absolute atomic E-state index is 0. The van der Waals surface area contributed by atoms with E-state index in [4.69, 9.17) is 9.52 Å². The number of hydrogen-bond acceptors (Lipinski definition) is 4. The maximum atomic E-state index is 10.8. The smallest absolute Gasteiger partial charge is 1.00 e. The monoisotopic (exact) mass is 236 g/mol. The third-order valence-corrected chi connectivity index (χ3v) is 1.74. The molecular weight excluding hydrogens is 231 g/mol. The van der Waals surface area contributed by atoms with E-state index in [1.54, 1.807) is 6.07 Å². The van der Waals surface area contributed by atoms with Gasteiger partial charge in [0, 0.05) is 11.5 Å². The summed E-state index contributed by atoms with van der Waals surface area (Å²) in [6.07, 6.45) is 0. The molecule has 6 heteroatoms. The number of rotatable bonds is 0. The molecule has 74 valence electrons. The molecule has 0 aliphatic heterocycles. The summed E-state index contributed by atoms with van der Waals surface area (Å²) in [6.45, 7) is 0. The molecule has 0 aliphatic carbocycles. The number of aromatic hydroxyl groups is 2. The molecule has 0 spiro atoms. The first-order valence-electron chi connectivity index (χ1n) is 3.63. The molecule has 0 saturated carbocycles. The van der Waals surface area contributed by atoms with E-state index in [1.807, 2.05) is 0 Å². The van der Waals surface area contributed by atoms with Crippen molar-refractivity contribution in [3.8, 4) is 11.5 Å². The number of phenols is 2. The standard InChI is InChI=1S/C9H6O4.ClH.Na/c10-6-3-1-5-2-4-7(11)13-9(5)8(6)12;;/h1-4,10,12H;1H;/q;;+1/p-1. The van der Waals surface area contributed by atoms with Crippen LogP contribution in [0.25, 0.3) is 11.0 Å². The van der Waals surface area contributed by atoms with Gasteiger partial charge in [-0.15, -0.1) is 0 Å². The number of halogens is 1. The van der Waals surface area contributed by atoms with E-state index in [1.165, 1.54) is 18.2 Å². The molecule has 1 aromatic carbocycles. The third kappa shape index (κ3) is 2.66. The molecule has 1 aromatic heterocycles. The largest absolute Gasteiger partial charge is 1.00 e. The van der Waals surface area contributed by atoms with Crippen LogP contribution in [-0.2, 0) is 0 Å². The van der Waals surface area contributed by atoms with Crippen molar-refractivity contribution in [2.24, 2.45) is 0 Å². The van der Waals surface area contributed by atoms with Crippen molar-refractivity contribution in [1.82, 2.24) is 0 Å². The second-order valence-electron chi connectivity index (χ2n) is 2.61. The summed E-state index contributed by atoms with van der Waals surface area (Å²) in [5.41, 5.74) is -0.555. The van der Waals surface area contributed by atoms with Crippen molar-refractivity contribution < 1.29 is 56.6 Å².